The second-order valence-electron chi connectivity index (χ2n) is 8.45. The standard InChI is InChI=1S/C21H24N4O3/c1-12-9-22-20(23-12)21(26)25-10-15(14-2-3-16-17(8-14)28-11-27-16)19-18(25)13-4-6-24(19)7-5-13/h2-3,8-9,13,15,18-19H,4-7,10-11H2,1H3,(H,22,23)/t15-,18+,19+/m0/s1. The van der Waals surface area contributed by atoms with E-state index in [0.29, 0.717) is 17.8 Å². The number of ether oxygens (including phenoxy) is 2. The van der Waals surface area contributed by atoms with Crippen LogP contribution in [0.5, 0.6) is 11.5 Å². The molecule has 2 aromatic rings. The van der Waals surface area contributed by atoms with Gasteiger partial charge in [0.1, 0.15) is 0 Å². The maximum atomic E-state index is 13.3. The summed E-state index contributed by atoms with van der Waals surface area (Å²) >= 11 is 0. The van der Waals surface area contributed by atoms with E-state index in [2.05, 4.69) is 31.9 Å². The molecule has 3 atom stereocenters. The molecular formula is C21H24N4O3. The van der Waals surface area contributed by atoms with Crippen LogP contribution in [0.2, 0.25) is 0 Å². The molecule has 0 radical (unpaired) electrons. The molecule has 1 amide bonds. The summed E-state index contributed by atoms with van der Waals surface area (Å²) in [6, 6.07) is 6.88. The Morgan fingerprint density at radius 3 is 2.79 bits per heavy atom. The molecule has 5 aliphatic heterocycles. The fraction of sp³-hybridized carbons (Fsp3) is 0.524. The molecule has 0 spiro atoms. The predicted octanol–water partition coefficient (Wildman–Crippen LogP) is 2.15. The molecule has 4 saturated heterocycles. The van der Waals surface area contributed by atoms with Crippen LogP contribution in [-0.4, -0.2) is 64.2 Å². The zero-order chi connectivity index (χ0) is 18.8. The Bertz CT molecular complexity index is 933. The van der Waals surface area contributed by atoms with Gasteiger partial charge in [-0.25, -0.2) is 4.98 Å². The van der Waals surface area contributed by atoms with E-state index in [4.69, 9.17) is 9.47 Å². The van der Waals surface area contributed by atoms with E-state index in [1.54, 1.807) is 6.20 Å². The molecule has 146 valence electrons. The summed E-state index contributed by atoms with van der Waals surface area (Å²) in [5.41, 5.74) is 2.15. The number of nitrogens with one attached hydrogen (secondary N) is 1. The number of aromatic nitrogens is 2. The van der Waals surface area contributed by atoms with Crippen LogP contribution in [0.15, 0.2) is 24.4 Å². The van der Waals surface area contributed by atoms with Crippen LogP contribution in [-0.2, 0) is 0 Å². The Labute approximate surface area is 163 Å². The van der Waals surface area contributed by atoms with Gasteiger partial charge >= 0.3 is 0 Å². The number of rotatable bonds is 2. The Balaban J connectivity index is 1.38. The van der Waals surface area contributed by atoms with Gasteiger partial charge in [-0.2, -0.15) is 0 Å². The van der Waals surface area contributed by atoms with Gasteiger partial charge in [0.25, 0.3) is 5.91 Å². The lowest BCUT2D eigenvalue weighted by molar-refractivity contribution is -0.00375. The summed E-state index contributed by atoms with van der Waals surface area (Å²) in [5, 5.41) is 0. The molecule has 0 aliphatic carbocycles. The number of H-pyrrole nitrogens is 1. The van der Waals surface area contributed by atoms with Crippen LogP contribution in [0.1, 0.15) is 40.6 Å². The summed E-state index contributed by atoms with van der Waals surface area (Å²) in [6.45, 7) is 5.20. The van der Waals surface area contributed by atoms with Crippen LogP contribution in [0.3, 0.4) is 0 Å². The molecule has 5 aliphatic rings. The number of amides is 1. The molecule has 1 aromatic heterocycles. The van der Waals surface area contributed by atoms with Gasteiger partial charge in [0.2, 0.25) is 6.79 Å². The summed E-state index contributed by atoms with van der Waals surface area (Å²) in [7, 11) is 0. The van der Waals surface area contributed by atoms with Crippen molar-refractivity contribution < 1.29 is 14.3 Å². The van der Waals surface area contributed by atoms with Crippen molar-refractivity contribution in [3.63, 3.8) is 0 Å². The number of carbonyl (C=O) groups excluding carboxylic acids is 1. The van der Waals surface area contributed by atoms with E-state index in [0.717, 1.165) is 36.8 Å². The van der Waals surface area contributed by atoms with Crippen LogP contribution >= 0.6 is 0 Å². The first-order valence-corrected chi connectivity index (χ1v) is 10.2. The van der Waals surface area contributed by atoms with Crippen molar-refractivity contribution in [2.75, 3.05) is 26.4 Å². The first-order valence-electron chi connectivity index (χ1n) is 10.2. The van der Waals surface area contributed by atoms with Crippen molar-refractivity contribution in [2.24, 2.45) is 5.92 Å². The molecule has 28 heavy (non-hydrogen) atoms. The van der Waals surface area contributed by atoms with Gasteiger partial charge in [-0.1, -0.05) is 6.07 Å². The van der Waals surface area contributed by atoms with E-state index in [1.807, 2.05) is 13.0 Å². The molecule has 7 rings (SSSR count). The lowest BCUT2D eigenvalue weighted by Crippen LogP contribution is -2.60. The fourth-order valence-electron chi connectivity index (χ4n) is 5.75. The lowest BCUT2D eigenvalue weighted by atomic mass is 9.75. The van der Waals surface area contributed by atoms with Gasteiger partial charge < -0.3 is 19.4 Å². The summed E-state index contributed by atoms with van der Waals surface area (Å²) < 4.78 is 11.1. The number of nitrogens with zero attached hydrogens (tertiary/aromatic N) is 3. The van der Waals surface area contributed by atoms with Crippen molar-refractivity contribution in [2.45, 2.75) is 37.8 Å². The molecule has 6 heterocycles. The second kappa shape index (κ2) is 5.98. The SMILES string of the molecule is Cc1cnc(C(=O)N2C[C@@H](c3ccc4c(c3)OCO4)[C@@H]3[C@H]2C2CCN3CC2)[nH]1. The summed E-state index contributed by atoms with van der Waals surface area (Å²) in [4.78, 5) is 25.5. The first kappa shape index (κ1) is 16.4. The Kier molecular flexibility index (Phi) is 3.50. The monoisotopic (exact) mass is 380 g/mol. The van der Waals surface area contributed by atoms with E-state index >= 15 is 0 Å². The predicted molar refractivity (Wildman–Crippen MR) is 102 cm³/mol. The third kappa shape index (κ3) is 2.32. The van der Waals surface area contributed by atoms with Crippen molar-refractivity contribution >= 4 is 5.91 Å². The highest BCUT2D eigenvalue weighted by Gasteiger charge is 2.55. The van der Waals surface area contributed by atoms with Crippen LogP contribution in [0.25, 0.3) is 0 Å². The average molecular weight is 380 g/mol. The third-order valence-corrected chi connectivity index (χ3v) is 6.99. The number of imidazole rings is 1. The topological polar surface area (TPSA) is 70.7 Å². The smallest absolute Gasteiger partial charge is 0.289 e. The average Bonchev–Trinajstić information content (AvgIpc) is 3.46. The minimum absolute atomic E-state index is 0.0279. The van der Waals surface area contributed by atoms with Crippen LogP contribution in [0.4, 0.5) is 0 Å². The number of piperidine rings is 3. The summed E-state index contributed by atoms with van der Waals surface area (Å²) in [6.07, 6.45) is 4.08. The maximum Gasteiger partial charge on any atom is 0.289 e. The number of likely N-dealkylation sites (tertiary alicyclic amines) is 1. The van der Waals surface area contributed by atoms with Crippen LogP contribution < -0.4 is 9.47 Å². The molecule has 1 N–H and O–H groups in total. The maximum absolute atomic E-state index is 13.3. The Morgan fingerprint density at radius 2 is 2.00 bits per heavy atom. The number of aromatic amines is 1. The molecule has 2 bridgehead atoms. The van der Waals surface area contributed by atoms with Gasteiger partial charge in [-0.3, -0.25) is 9.69 Å². The minimum atomic E-state index is 0.0279. The van der Waals surface area contributed by atoms with Gasteiger partial charge in [0.15, 0.2) is 17.3 Å². The van der Waals surface area contributed by atoms with Gasteiger partial charge in [-0.05, 0) is 56.5 Å². The van der Waals surface area contributed by atoms with Crippen molar-refractivity contribution in [1.29, 1.82) is 0 Å². The highest BCUT2D eigenvalue weighted by Crippen LogP contribution is 2.48. The van der Waals surface area contributed by atoms with E-state index in [1.165, 1.54) is 18.4 Å². The van der Waals surface area contributed by atoms with Crippen molar-refractivity contribution in [3.05, 3.63) is 41.5 Å². The highest BCUT2D eigenvalue weighted by atomic mass is 16.7. The summed E-state index contributed by atoms with van der Waals surface area (Å²) in [5.74, 6) is 2.97. The van der Waals surface area contributed by atoms with E-state index in [9.17, 15) is 4.79 Å². The van der Waals surface area contributed by atoms with Gasteiger partial charge in [0.05, 0.1) is 6.04 Å². The van der Waals surface area contributed by atoms with Crippen molar-refractivity contribution in [3.8, 4) is 11.5 Å². The molecule has 1 aromatic carbocycles. The largest absolute Gasteiger partial charge is 0.454 e. The highest BCUT2D eigenvalue weighted by molar-refractivity contribution is 5.91. The number of carbonyl (C=O) groups is 1. The normalized spacial score (nSPS) is 32.6. The zero-order valence-electron chi connectivity index (χ0n) is 15.9. The van der Waals surface area contributed by atoms with Gasteiger partial charge in [-0.15, -0.1) is 0 Å². The van der Waals surface area contributed by atoms with E-state index in [-0.39, 0.29) is 24.7 Å². The number of aryl methyl sites for hydroxylation is 1. The first-order chi connectivity index (χ1) is 13.7. The second-order valence-corrected chi connectivity index (χ2v) is 8.45. The third-order valence-electron chi connectivity index (χ3n) is 6.99. The van der Waals surface area contributed by atoms with Crippen LogP contribution in [0, 0.1) is 12.8 Å². The molecule has 7 heteroatoms. The quantitative estimate of drug-likeness (QED) is 0.865. The number of hydrogen-bond donors (Lipinski definition) is 1. The van der Waals surface area contributed by atoms with Gasteiger partial charge in [0, 0.05) is 30.4 Å². The number of fused-ring (bicyclic) bond motifs is 3. The minimum Gasteiger partial charge on any atom is -0.454 e. The zero-order valence-corrected chi connectivity index (χ0v) is 15.9. The number of benzene rings is 1. The molecule has 0 unspecified atom stereocenters. The molecule has 7 nitrogen and oxygen atoms in total. The number of hydrogen-bond acceptors (Lipinski definition) is 5. The molecule has 4 fully saturated rings. The van der Waals surface area contributed by atoms with Crippen molar-refractivity contribution in [1.82, 2.24) is 19.8 Å². The Hall–Kier alpha value is -2.54. The lowest BCUT2D eigenvalue weighted by Gasteiger charge is -2.51. The molecule has 0 saturated carbocycles. The molecular weight excluding hydrogens is 356 g/mol. The van der Waals surface area contributed by atoms with E-state index < -0.39 is 0 Å². The Morgan fingerprint density at radius 1 is 1.18 bits per heavy atom. The fourth-order valence-corrected chi connectivity index (χ4v) is 5.75.